The summed E-state index contributed by atoms with van der Waals surface area (Å²) in [6.45, 7) is 3.28. The van der Waals surface area contributed by atoms with Gasteiger partial charge in [-0.1, -0.05) is 18.2 Å². The zero-order chi connectivity index (χ0) is 9.10. The molecule has 1 aliphatic heterocycles. The summed E-state index contributed by atoms with van der Waals surface area (Å²) in [6.07, 6.45) is 4.05. The molecule has 0 aliphatic carbocycles. The molecule has 68 valence electrons. The highest BCUT2D eigenvalue weighted by molar-refractivity contribution is 5.63. The number of ether oxygens (including phenoxy) is 2. The predicted molar refractivity (Wildman–Crippen MR) is 52.1 cm³/mol. The van der Waals surface area contributed by atoms with Crippen molar-refractivity contribution in [2.75, 3.05) is 13.2 Å². The number of hydrogen-bond acceptors (Lipinski definition) is 2. The van der Waals surface area contributed by atoms with E-state index in [0.717, 1.165) is 17.1 Å². The minimum absolute atomic E-state index is 0.636. The van der Waals surface area contributed by atoms with Crippen LogP contribution >= 0.6 is 0 Å². The Morgan fingerprint density at radius 1 is 1.46 bits per heavy atom. The first kappa shape index (κ1) is 8.17. The van der Waals surface area contributed by atoms with E-state index < -0.39 is 0 Å². The van der Waals surface area contributed by atoms with E-state index in [1.807, 2.05) is 31.2 Å². The fraction of sp³-hybridized carbons (Fsp3) is 0.273. The van der Waals surface area contributed by atoms with Crippen LogP contribution in [-0.2, 0) is 0 Å². The third-order valence-corrected chi connectivity index (χ3v) is 1.93. The van der Waals surface area contributed by atoms with E-state index in [9.17, 15) is 0 Å². The molecule has 2 nitrogen and oxygen atoms in total. The summed E-state index contributed by atoms with van der Waals surface area (Å²) in [5, 5.41) is 0. The molecule has 2 rings (SSSR count). The largest absolute Gasteiger partial charge is 0.490 e. The molecule has 0 spiro atoms. The molecule has 0 radical (unpaired) electrons. The molecule has 0 atom stereocenters. The van der Waals surface area contributed by atoms with Crippen LogP contribution in [0.2, 0.25) is 0 Å². The van der Waals surface area contributed by atoms with Gasteiger partial charge in [0.1, 0.15) is 6.61 Å². The van der Waals surface area contributed by atoms with E-state index in [0.29, 0.717) is 13.2 Å². The van der Waals surface area contributed by atoms with Crippen LogP contribution in [-0.4, -0.2) is 13.2 Å². The Bertz CT molecular complexity index is 329. The number of rotatable bonds is 2. The van der Waals surface area contributed by atoms with Crippen LogP contribution in [0, 0.1) is 0 Å². The monoisotopic (exact) mass is 176 g/mol. The van der Waals surface area contributed by atoms with Gasteiger partial charge in [0, 0.05) is 5.56 Å². The maximum Gasteiger partial charge on any atom is 0.168 e. The third kappa shape index (κ3) is 1.52. The molecule has 0 amide bonds. The van der Waals surface area contributed by atoms with Gasteiger partial charge in [-0.3, -0.25) is 0 Å². The lowest BCUT2D eigenvalue weighted by atomic mass is 10.1. The molecule has 0 bridgehead atoms. The lowest BCUT2D eigenvalue weighted by Crippen LogP contribution is -2.03. The highest BCUT2D eigenvalue weighted by Crippen LogP contribution is 2.33. The van der Waals surface area contributed by atoms with Crippen molar-refractivity contribution in [2.45, 2.75) is 6.92 Å². The Labute approximate surface area is 77.8 Å². The summed E-state index contributed by atoms with van der Waals surface area (Å²) >= 11 is 0. The van der Waals surface area contributed by atoms with Crippen molar-refractivity contribution < 1.29 is 9.47 Å². The van der Waals surface area contributed by atoms with Gasteiger partial charge in [-0.05, 0) is 19.1 Å². The molecule has 0 saturated heterocycles. The van der Waals surface area contributed by atoms with Crippen molar-refractivity contribution in [1.82, 2.24) is 0 Å². The molecule has 0 fully saturated rings. The van der Waals surface area contributed by atoms with Crippen LogP contribution in [0.3, 0.4) is 0 Å². The van der Waals surface area contributed by atoms with Crippen molar-refractivity contribution >= 4 is 6.08 Å². The Morgan fingerprint density at radius 3 is 3.23 bits per heavy atom. The average molecular weight is 176 g/mol. The van der Waals surface area contributed by atoms with Gasteiger partial charge in [0.15, 0.2) is 11.5 Å². The van der Waals surface area contributed by atoms with Gasteiger partial charge in [0.2, 0.25) is 0 Å². The highest BCUT2D eigenvalue weighted by atomic mass is 16.5. The minimum Gasteiger partial charge on any atom is -0.490 e. The average Bonchev–Trinajstić information content (AvgIpc) is 2.19. The first-order valence-corrected chi connectivity index (χ1v) is 4.47. The molecular weight excluding hydrogens is 164 g/mol. The Morgan fingerprint density at radius 2 is 2.38 bits per heavy atom. The Kier molecular flexibility index (Phi) is 2.21. The fourth-order valence-electron chi connectivity index (χ4n) is 1.39. The van der Waals surface area contributed by atoms with Crippen LogP contribution < -0.4 is 9.47 Å². The summed E-state index contributed by atoms with van der Waals surface area (Å²) in [7, 11) is 0. The van der Waals surface area contributed by atoms with E-state index in [2.05, 4.69) is 6.08 Å². The molecular formula is C11H12O2. The molecule has 2 heteroatoms. The zero-order valence-corrected chi connectivity index (χ0v) is 7.62. The Balaban J connectivity index is 2.41. The molecule has 1 heterocycles. The van der Waals surface area contributed by atoms with Gasteiger partial charge >= 0.3 is 0 Å². The van der Waals surface area contributed by atoms with Gasteiger partial charge in [-0.15, -0.1) is 0 Å². The van der Waals surface area contributed by atoms with Crippen LogP contribution in [0.25, 0.3) is 6.08 Å². The van der Waals surface area contributed by atoms with Crippen LogP contribution in [0.5, 0.6) is 11.5 Å². The summed E-state index contributed by atoms with van der Waals surface area (Å²) in [6, 6.07) is 5.93. The maximum atomic E-state index is 5.50. The summed E-state index contributed by atoms with van der Waals surface area (Å²) in [5.74, 6) is 1.70. The van der Waals surface area contributed by atoms with Crippen molar-refractivity contribution in [3.63, 3.8) is 0 Å². The second-order valence-electron chi connectivity index (χ2n) is 2.82. The van der Waals surface area contributed by atoms with Crippen molar-refractivity contribution in [1.29, 1.82) is 0 Å². The van der Waals surface area contributed by atoms with Crippen molar-refractivity contribution in [3.8, 4) is 11.5 Å². The van der Waals surface area contributed by atoms with Crippen LogP contribution in [0.15, 0.2) is 24.3 Å². The van der Waals surface area contributed by atoms with Crippen molar-refractivity contribution in [3.05, 3.63) is 29.8 Å². The van der Waals surface area contributed by atoms with Gasteiger partial charge in [0.25, 0.3) is 0 Å². The van der Waals surface area contributed by atoms with Gasteiger partial charge in [0.05, 0.1) is 6.61 Å². The maximum absolute atomic E-state index is 5.50. The number of fused-ring (bicyclic) bond motifs is 1. The molecule has 1 aliphatic rings. The normalized spacial score (nSPS) is 13.3. The molecule has 0 unspecified atom stereocenters. The molecule has 0 saturated carbocycles. The smallest absolute Gasteiger partial charge is 0.168 e. The lowest BCUT2D eigenvalue weighted by molar-refractivity contribution is 0.294. The summed E-state index contributed by atoms with van der Waals surface area (Å²) in [5.41, 5.74) is 1.09. The molecule has 0 N–H and O–H groups in total. The summed E-state index contributed by atoms with van der Waals surface area (Å²) in [4.78, 5) is 0. The predicted octanol–water partition coefficient (Wildman–Crippen LogP) is 2.49. The molecule has 1 aromatic rings. The zero-order valence-electron chi connectivity index (χ0n) is 7.62. The van der Waals surface area contributed by atoms with Gasteiger partial charge in [-0.2, -0.15) is 0 Å². The molecule has 0 aromatic heterocycles. The topological polar surface area (TPSA) is 18.5 Å². The quantitative estimate of drug-likeness (QED) is 0.689. The second kappa shape index (κ2) is 3.52. The molecule has 13 heavy (non-hydrogen) atoms. The van der Waals surface area contributed by atoms with E-state index in [4.69, 9.17) is 9.47 Å². The minimum atomic E-state index is 0.636. The van der Waals surface area contributed by atoms with Gasteiger partial charge < -0.3 is 9.47 Å². The van der Waals surface area contributed by atoms with E-state index >= 15 is 0 Å². The van der Waals surface area contributed by atoms with E-state index in [1.54, 1.807) is 0 Å². The first-order valence-electron chi connectivity index (χ1n) is 4.47. The van der Waals surface area contributed by atoms with Crippen LogP contribution in [0.4, 0.5) is 0 Å². The van der Waals surface area contributed by atoms with Gasteiger partial charge in [-0.25, -0.2) is 0 Å². The third-order valence-electron chi connectivity index (χ3n) is 1.93. The van der Waals surface area contributed by atoms with E-state index in [-0.39, 0.29) is 0 Å². The standard InChI is InChI=1S/C11H12O2/c1-2-12-10-7-3-5-9-6-4-8-13-11(9)10/h3-7H,2,8H2,1H3. The highest BCUT2D eigenvalue weighted by Gasteiger charge is 2.10. The molecule has 1 aromatic carbocycles. The van der Waals surface area contributed by atoms with E-state index in [1.165, 1.54) is 0 Å². The number of para-hydroxylation sites is 1. The van der Waals surface area contributed by atoms with Crippen molar-refractivity contribution in [2.24, 2.45) is 0 Å². The Hall–Kier alpha value is -1.44. The van der Waals surface area contributed by atoms with Crippen LogP contribution in [0.1, 0.15) is 12.5 Å². The lowest BCUT2D eigenvalue weighted by Gasteiger charge is -2.15. The number of hydrogen-bond donors (Lipinski definition) is 0. The number of benzene rings is 1. The fourth-order valence-corrected chi connectivity index (χ4v) is 1.39. The first-order chi connectivity index (χ1) is 6.42. The summed E-state index contributed by atoms with van der Waals surface area (Å²) < 4.78 is 10.9. The second-order valence-corrected chi connectivity index (χ2v) is 2.82. The SMILES string of the molecule is CCOc1cccc2c1OCC=C2.